The third kappa shape index (κ3) is 2.09. The molecule has 1 N–H and O–H groups in total. The Morgan fingerprint density at radius 3 is 3.08 bits per heavy atom. The number of nitriles is 1. The number of hydrogen-bond acceptors (Lipinski definition) is 3. The van der Waals surface area contributed by atoms with Crippen molar-refractivity contribution >= 4 is 0 Å². The molecular weight excluding hydrogens is 322 g/mol. The summed E-state index contributed by atoms with van der Waals surface area (Å²) in [7, 11) is 0. The Balaban J connectivity index is 1.50. The van der Waals surface area contributed by atoms with Crippen LogP contribution in [-0.2, 0) is 24.8 Å². The molecule has 1 saturated carbocycles. The van der Waals surface area contributed by atoms with Crippen LogP contribution in [0, 0.1) is 23.2 Å². The van der Waals surface area contributed by atoms with Gasteiger partial charge < -0.3 is 5.11 Å². The number of fused-ring (bicyclic) bond motifs is 7. The molecule has 26 heavy (non-hydrogen) atoms. The second-order valence-corrected chi connectivity index (χ2v) is 8.61. The SMILES string of the molecule is C[C@]12CC[C@@H]3c4ccc(O)cc4CC[C@H]3[C@@H]1Cc1cnn(CCC#N)c12. The predicted octanol–water partition coefficient (Wildman–Crippen LogP) is 4.07. The molecule has 3 aliphatic carbocycles. The molecule has 3 aliphatic rings. The predicted molar refractivity (Wildman–Crippen MR) is 98.9 cm³/mol. The largest absolute Gasteiger partial charge is 0.508 e. The maximum absolute atomic E-state index is 9.83. The van der Waals surface area contributed by atoms with Gasteiger partial charge in [0, 0.05) is 11.1 Å². The van der Waals surface area contributed by atoms with Crippen LogP contribution in [0.15, 0.2) is 24.4 Å². The van der Waals surface area contributed by atoms with E-state index in [9.17, 15) is 5.11 Å². The van der Waals surface area contributed by atoms with Gasteiger partial charge in [-0.1, -0.05) is 13.0 Å². The molecule has 0 saturated heterocycles. The van der Waals surface area contributed by atoms with Crippen molar-refractivity contribution in [3.8, 4) is 11.8 Å². The molecule has 1 heterocycles. The molecule has 1 fully saturated rings. The summed E-state index contributed by atoms with van der Waals surface area (Å²) in [5, 5.41) is 23.4. The highest BCUT2D eigenvalue weighted by Gasteiger charge is 2.54. The standard InChI is InChI=1S/C22H25N3O/c1-22-8-7-18-17-6-4-16(26)11-14(17)3-5-19(18)20(22)12-15-13-24-25(21(15)22)10-2-9-23/h4,6,11,13,18-20,26H,2-3,5,7-8,10,12H2,1H3/t18-,19-,20+,22+/m1/s1. The number of benzene rings is 1. The van der Waals surface area contributed by atoms with Crippen molar-refractivity contribution in [1.29, 1.82) is 5.26 Å². The Morgan fingerprint density at radius 1 is 1.35 bits per heavy atom. The first-order valence-corrected chi connectivity index (χ1v) is 9.85. The van der Waals surface area contributed by atoms with Gasteiger partial charge in [0.05, 0.1) is 25.2 Å². The third-order valence-corrected chi connectivity index (χ3v) is 7.43. The summed E-state index contributed by atoms with van der Waals surface area (Å²) in [6.45, 7) is 3.15. The summed E-state index contributed by atoms with van der Waals surface area (Å²) in [5.74, 6) is 2.41. The highest BCUT2D eigenvalue weighted by Crippen LogP contribution is 2.60. The first kappa shape index (κ1) is 15.9. The fourth-order valence-corrected chi connectivity index (χ4v) is 6.36. The second-order valence-electron chi connectivity index (χ2n) is 8.61. The van der Waals surface area contributed by atoms with E-state index in [1.807, 2.05) is 12.1 Å². The van der Waals surface area contributed by atoms with Crippen LogP contribution < -0.4 is 0 Å². The van der Waals surface area contributed by atoms with Gasteiger partial charge in [-0.25, -0.2) is 0 Å². The minimum atomic E-state index is 0.191. The van der Waals surface area contributed by atoms with Gasteiger partial charge in [0.25, 0.3) is 0 Å². The van der Waals surface area contributed by atoms with Gasteiger partial charge in [-0.2, -0.15) is 10.4 Å². The topological polar surface area (TPSA) is 61.8 Å². The first-order chi connectivity index (χ1) is 12.6. The lowest BCUT2D eigenvalue weighted by Crippen LogP contribution is -2.44. The number of phenols is 1. The van der Waals surface area contributed by atoms with E-state index in [1.165, 1.54) is 41.6 Å². The quantitative estimate of drug-likeness (QED) is 0.890. The molecule has 1 aromatic carbocycles. The molecular formula is C22H25N3O. The van der Waals surface area contributed by atoms with Gasteiger partial charge in [-0.05, 0) is 78.7 Å². The number of aryl methyl sites for hydroxylation is 2. The van der Waals surface area contributed by atoms with Crippen LogP contribution in [0.3, 0.4) is 0 Å². The molecule has 134 valence electrons. The molecule has 0 unspecified atom stereocenters. The lowest BCUT2D eigenvalue weighted by molar-refractivity contribution is 0.0998. The van der Waals surface area contributed by atoms with E-state index in [0.29, 0.717) is 36.5 Å². The Kier molecular flexibility index (Phi) is 3.44. The van der Waals surface area contributed by atoms with E-state index >= 15 is 0 Å². The van der Waals surface area contributed by atoms with E-state index in [-0.39, 0.29) is 5.41 Å². The molecule has 1 aromatic heterocycles. The van der Waals surface area contributed by atoms with E-state index in [0.717, 1.165) is 12.8 Å². The van der Waals surface area contributed by atoms with Crippen molar-refractivity contribution < 1.29 is 5.11 Å². The summed E-state index contributed by atoms with van der Waals surface area (Å²) >= 11 is 0. The van der Waals surface area contributed by atoms with E-state index < -0.39 is 0 Å². The van der Waals surface area contributed by atoms with Gasteiger partial charge in [-0.15, -0.1) is 0 Å². The van der Waals surface area contributed by atoms with Crippen LogP contribution in [0.5, 0.6) is 5.75 Å². The minimum absolute atomic E-state index is 0.191. The van der Waals surface area contributed by atoms with Gasteiger partial charge in [0.15, 0.2) is 0 Å². The fraction of sp³-hybridized carbons (Fsp3) is 0.545. The van der Waals surface area contributed by atoms with Gasteiger partial charge >= 0.3 is 0 Å². The number of hydrogen-bond donors (Lipinski definition) is 1. The molecule has 4 nitrogen and oxygen atoms in total. The van der Waals surface area contributed by atoms with Crippen molar-refractivity contribution in [1.82, 2.24) is 9.78 Å². The molecule has 0 bridgehead atoms. The monoisotopic (exact) mass is 347 g/mol. The molecule has 0 aliphatic heterocycles. The number of rotatable bonds is 2. The molecule has 4 atom stereocenters. The molecule has 2 aromatic rings. The van der Waals surface area contributed by atoms with Crippen LogP contribution in [0.25, 0.3) is 0 Å². The maximum Gasteiger partial charge on any atom is 0.115 e. The van der Waals surface area contributed by atoms with E-state index in [4.69, 9.17) is 5.26 Å². The Morgan fingerprint density at radius 2 is 2.23 bits per heavy atom. The summed E-state index contributed by atoms with van der Waals surface area (Å²) in [4.78, 5) is 0. The van der Waals surface area contributed by atoms with Crippen molar-refractivity contribution in [3.63, 3.8) is 0 Å². The minimum Gasteiger partial charge on any atom is -0.508 e. The maximum atomic E-state index is 9.83. The lowest BCUT2D eigenvalue weighted by Gasteiger charge is -2.49. The van der Waals surface area contributed by atoms with Gasteiger partial charge in [0.2, 0.25) is 0 Å². The Hall–Kier alpha value is -2.28. The average Bonchev–Trinajstić information content (AvgIpc) is 3.17. The summed E-state index contributed by atoms with van der Waals surface area (Å²) in [5.41, 5.74) is 5.84. The highest BCUT2D eigenvalue weighted by molar-refractivity contribution is 5.43. The molecule has 4 heteroatoms. The van der Waals surface area contributed by atoms with Crippen LogP contribution in [-0.4, -0.2) is 14.9 Å². The Bertz CT molecular complexity index is 909. The zero-order valence-corrected chi connectivity index (χ0v) is 15.3. The zero-order valence-electron chi connectivity index (χ0n) is 15.3. The van der Waals surface area contributed by atoms with Crippen LogP contribution in [0.2, 0.25) is 0 Å². The zero-order chi connectivity index (χ0) is 17.9. The normalized spacial score (nSPS) is 31.5. The fourth-order valence-electron chi connectivity index (χ4n) is 6.36. The third-order valence-electron chi connectivity index (χ3n) is 7.43. The smallest absolute Gasteiger partial charge is 0.115 e. The molecule has 0 spiro atoms. The number of aromatic hydroxyl groups is 1. The van der Waals surface area contributed by atoms with Crippen molar-refractivity contribution in [3.05, 3.63) is 46.8 Å². The van der Waals surface area contributed by atoms with Crippen molar-refractivity contribution in [2.45, 2.75) is 63.3 Å². The second kappa shape index (κ2) is 5.61. The number of phenolic OH excluding ortho intramolecular Hbond substituents is 1. The number of aromatic nitrogens is 2. The molecule has 0 amide bonds. The highest BCUT2D eigenvalue weighted by atomic mass is 16.3. The molecule has 0 radical (unpaired) electrons. The van der Waals surface area contributed by atoms with E-state index in [2.05, 4.69) is 35.0 Å². The Labute approximate surface area is 154 Å². The summed E-state index contributed by atoms with van der Waals surface area (Å²) in [6, 6.07) is 8.26. The van der Waals surface area contributed by atoms with Crippen LogP contribution in [0.4, 0.5) is 0 Å². The summed E-state index contributed by atoms with van der Waals surface area (Å²) < 4.78 is 2.12. The van der Waals surface area contributed by atoms with Gasteiger partial charge in [0.1, 0.15) is 5.75 Å². The van der Waals surface area contributed by atoms with Crippen molar-refractivity contribution in [2.24, 2.45) is 11.8 Å². The number of nitrogens with zero attached hydrogens (tertiary/aromatic N) is 3. The van der Waals surface area contributed by atoms with E-state index in [1.54, 1.807) is 0 Å². The average molecular weight is 347 g/mol. The summed E-state index contributed by atoms with van der Waals surface area (Å²) in [6.07, 6.45) is 8.40. The van der Waals surface area contributed by atoms with Crippen molar-refractivity contribution in [2.75, 3.05) is 0 Å². The first-order valence-electron chi connectivity index (χ1n) is 9.85. The molecule has 5 rings (SSSR count). The lowest BCUT2D eigenvalue weighted by atomic mass is 9.55. The van der Waals surface area contributed by atoms with Crippen LogP contribution in [0.1, 0.15) is 60.9 Å². The van der Waals surface area contributed by atoms with Gasteiger partial charge in [-0.3, -0.25) is 4.68 Å². The van der Waals surface area contributed by atoms with Crippen LogP contribution >= 0.6 is 0 Å².